The van der Waals surface area contributed by atoms with Gasteiger partial charge in [0.1, 0.15) is 11.9 Å². The van der Waals surface area contributed by atoms with E-state index in [-0.39, 0.29) is 0 Å². The fraction of sp³-hybridized carbons (Fsp3) is 0.727. The Bertz CT molecular complexity index is 740. The van der Waals surface area contributed by atoms with E-state index in [4.69, 9.17) is 9.72 Å². The summed E-state index contributed by atoms with van der Waals surface area (Å²) in [5.74, 6) is 0.889. The molecule has 0 bridgehead atoms. The highest BCUT2D eigenvalue weighted by Gasteiger charge is 2.36. The summed E-state index contributed by atoms with van der Waals surface area (Å²) in [7, 11) is 0. The topological polar surface area (TPSA) is 55.6 Å². The smallest absolute Gasteiger partial charge is 0.146 e. The zero-order valence-electron chi connectivity index (χ0n) is 16.8. The number of fused-ring (bicyclic) bond motifs is 1. The highest BCUT2D eigenvalue weighted by molar-refractivity contribution is 5.58. The van der Waals surface area contributed by atoms with Crippen molar-refractivity contribution in [2.75, 3.05) is 50.8 Å². The van der Waals surface area contributed by atoms with E-state index >= 15 is 0 Å². The summed E-state index contributed by atoms with van der Waals surface area (Å²) in [5, 5.41) is 9.58. The van der Waals surface area contributed by atoms with E-state index in [9.17, 15) is 5.26 Å². The summed E-state index contributed by atoms with van der Waals surface area (Å²) in [4.78, 5) is 12.6. The highest BCUT2D eigenvalue weighted by atomic mass is 16.5. The minimum absolute atomic E-state index is 0.588. The molecule has 4 aliphatic rings. The Hall–Kier alpha value is -1.68. The first kappa shape index (κ1) is 18.4. The predicted octanol–water partition coefficient (Wildman–Crippen LogP) is 2.16. The van der Waals surface area contributed by atoms with E-state index in [0.29, 0.717) is 18.2 Å². The molecule has 2 saturated heterocycles. The van der Waals surface area contributed by atoms with Crippen LogP contribution >= 0.6 is 0 Å². The van der Waals surface area contributed by atoms with Crippen molar-refractivity contribution in [2.45, 2.75) is 57.2 Å². The van der Waals surface area contributed by atoms with Crippen LogP contribution in [0.4, 0.5) is 5.82 Å². The number of anilines is 1. The van der Waals surface area contributed by atoms with Crippen molar-refractivity contribution in [1.29, 1.82) is 5.26 Å². The van der Waals surface area contributed by atoms with Gasteiger partial charge in [0, 0.05) is 63.3 Å². The molecule has 0 spiro atoms. The maximum Gasteiger partial charge on any atom is 0.146 e. The summed E-state index contributed by atoms with van der Waals surface area (Å²) in [6, 6.07) is 5.80. The molecule has 0 amide bonds. The molecule has 3 aliphatic heterocycles. The molecule has 0 radical (unpaired) electrons. The minimum Gasteiger partial charge on any atom is -0.376 e. The third-order valence-electron chi connectivity index (χ3n) is 7.15. The van der Waals surface area contributed by atoms with E-state index in [1.165, 1.54) is 58.3 Å². The zero-order chi connectivity index (χ0) is 18.9. The van der Waals surface area contributed by atoms with Crippen LogP contribution < -0.4 is 4.90 Å². The molecule has 28 heavy (non-hydrogen) atoms. The van der Waals surface area contributed by atoms with Crippen LogP contribution in [0, 0.1) is 11.3 Å². The molecule has 1 aromatic rings. The number of hydrogen-bond donors (Lipinski definition) is 0. The Morgan fingerprint density at radius 2 is 1.71 bits per heavy atom. The molecule has 6 heteroatoms. The molecule has 0 aromatic carbocycles. The predicted molar refractivity (Wildman–Crippen MR) is 108 cm³/mol. The van der Waals surface area contributed by atoms with Crippen LogP contribution in [0.1, 0.15) is 48.9 Å². The van der Waals surface area contributed by atoms with Gasteiger partial charge in [0.25, 0.3) is 0 Å². The van der Waals surface area contributed by atoms with Crippen molar-refractivity contribution in [3.63, 3.8) is 0 Å². The number of ether oxygens (including phenoxy) is 1. The first-order valence-electron chi connectivity index (χ1n) is 11.1. The van der Waals surface area contributed by atoms with Gasteiger partial charge in [0.05, 0.1) is 24.5 Å². The SMILES string of the molecule is N#Cc1cc2c(nc1N1CC(N3CCN(C4CCCCC4)CC3)C1)CCOC2. The molecule has 6 nitrogen and oxygen atoms in total. The van der Waals surface area contributed by atoms with Crippen LogP contribution in [0.5, 0.6) is 0 Å². The van der Waals surface area contributed by atoms with Crippen LogP contribution in [-0.4, -0.2) is 72.7 Å². The molecule has 3 fully saturated rings. The van der Waals surface area contributed by atoms with Gasteiger partial charge in [0.2, 0.25) is 0 Å². The van der Waals surface area contributed by atoms with Crippen molar-refractivity contribution in [3.8, 4) is 6.07 Å². The average molecular weight is 382 g/mol. The highest BCUT2D eigenvalue weighted by Crippen LogP contribution is 2.30. The second-order valence-corrected chi connectivity index (χ2v) is 8.80. The van der Waals surface area contributed by atoms with Gasteiger partial charge in [-0.05, 0) is 18.9 Å². The number of aromatic nitrogens is 1. The maximum absolute atomic E-state index is 9.58. The Morgan fingerprint density at radius 3 is 2.43 bits per heavy atom. The van der Waals surface area contributed by atoms with E-state index in [0.717, 1.165) is 49.2 Å². The molecule has 1 aromatic heterocycles. The van der Waals surface area contributed by atoms with E-state index in [2.05, 4.69) is 20.8 Å². The van der Waals surface area contributed by atoms with Gasteiger partial charge in [-0.15, -0.1) is 0 Å². The molecular formula is C22H31N5O. The lowest BCUT2D eigenvalue weighted by Gasteiger charge is -2.50. The molecule has 0 N–H and O–H groups in total. The Balaban J connectivity index is 1.18. The lowest BCUT2D eigenvalue weighted by molar-refractivity contribution is 0.0486. The first-order chi connectivity index (χ1) is 13.8. The number of rotatable bonds is 3. The average Bonchev–Trinajstić information content (AvgIpc) is 2.73. The lowest BCUT2D eigenvalue weighted by Crippen LogP contribution is -2.64. The zero-order valence-corrected chi connectivity index (χ0v) is 16.8. The summed E-state index contributed by atoms with van der Waals surface area (Å²) in [6.07, 6.45) is 7.94. The summed E-state index contributed by atoms with van der Waals surface area (Å²) >= 11 is 0. The number of piperazine rings is 1. The summed E-state index contributed by atoms with van der Waals surface area (Å²) in [5.41, 5.74) is 2.90. The van der Waals surface area contributed by atoms with Crippen LogP contribution in [0.15, 0.2) is 6.07 Å². The largest absolute Gasteiger partial charge is 0.376 e. The van der Waals surface area contributed by atoms with Gasteiger partial charge in [-0.3, -0.25) is 9.80 Å². The van der Waals surface area contributed by atoms with Crippen molar-refractivity contribution in [1.82, 2.24) is 14.8 Å². The van der Waals surface area contributed by atoms with Gasteiger partial charge in [0.15, 0.2) is 0 Å². The number of nitrogens with zero attached hydrogens (tertiary/aromatic N) is 5. The molecule has 1 saturated carbocycles. The minimum atomic E-state index is 0.588. The molecular weight excluding hydrogens is 350 g/mol. The van der Waals surface area contributed by atoms with Crippen LogP contribution in [0.25, 0.3) is 0 Å². The normalized spacial score (nSPS) is 25.2. The third-order valence-corrected chi connectivity index (χ3v) is 7.15. The summed E-state index contributed by atoms with van der Waals surface area (Å²) < 4.78 is 5.51. The molecule has 150 valence electrons. The second kappa shape index (κ2) is 7.98. The maximum atomic E-state index is 9.58. The number of nitriles is 1. The molecule has 0 unspecified atom stereocenters. The van der Waals surface area contributed by atoms with Gasteiger partial charge in [-0.2, -0.15) is 5.26 Å². The van der Waals surface area contributed by atoms with Gasteiger partial charge >= 0.3 is 0 Å². The molecule has 5 rings (SSSR count). The monoisotopic (exact) mass is 381 g/mol. The quantitative estimate of drug-likeness (QED) is 0.800. The standard InChI is InChI=1S/C22H31N5O/c23-13-17-12-18-16-28-11-6-21(18)24-22(17)27-14-20(15-27)26-9-7-25(8-10-26)19-4-2-1-3-5-19/h12,19-20H,1-11,14-16H2. The molecule has 4 heterocycles. The van der Waals surface area contributed by atoms with Crippen molar-refractivity contribution in [2.24, 2.45) is 0 Å². The lowest BCUT2D eigenvalue weighted by atomic mass is 9.93. The Morgan fingerprint density at radius 1 is 1.00 bits per heavy atom. The van der Waals surface area contributed by atoms with Crippen LogP contribution in [0.3, 0.4) is 0 Å². The summed E-state index contributed by atoms with van der Waals surface area (Å²) in [6.45, 7) is 8.15. The Kier molecular flexibility index (Phi) is 5.23. The van der Waals surface area contributed by atoms with Gasteiger partial charge in [-0.25, -0.2) is 4.98 Å². The molecule has 1 aliphatic carbocycles. The van der Waals surface area contributed by atoms with Crippen molar-refractivity contribution in [3.05, 3.63) is 22.9 Å². The fourth-order valence-electron chi connectivity index (χ4n) is 5.37. The van der Waals surface area contributed by atoms with Gasteiger partial charge < -0.3 is 9.64 Å². The van der Waals surface area contributed by atoms with E-state index in [1.807, 2.05) is 6.07 Å². The first-order valence-corrected chi connectivity index (χ1v) is 11.1. The van der Waals surface area contributed by atoms with Crippen molar-refractivity contribution >= 4 is 5.82 Å². The fourth-order valence-corrected chi connectivity index (χ4v) is 5.37. The second-order valence-electron chi connectivity index (χ2n) is 8.80. The Labute approximate surface area is 168 Å². The van der Waals surface area contributed by atoms with Gasteiger partial charge in [-0.1, -0.05) is 19.3 Å². The van der Waals surface area contributed by atoms with Crippen LogP contribution in [-0.2, 0) is 17.8 Å². The van der Waals surface area contributed by atoms with Crippen molar-refractivity contribution < 1.29 is 4.74 Å². The molecule has 0 atom stereocenters. The van der Waals surface area contributed by atoms with E-state index < -0.39 is 0 Å². The third kappa shape index (κ3) is 3.52. The number of pyridine rings is 1. The number of hydrogen-bond acceptors (Lipinski definition) is 6. The van der Waals surface area contributed by atoms with Crippen LogP contribution in [0.2, 0.25) is 0 Å². The van der Waals surface area contributed by atoms with E-state index in [1.54, 1.807) is 0 Å².